The zero-order valence-electron chi connectivity index (χ0n) is 26.0. The normalized spacial score (nSPS) is 25.2. The van der Waals surface area contributed by atoms with Crippen molar-refractivity contribution in [1.29, 1.82) is 0 Å². The molecule has 1 aromatic heterocycles. The molecular formula is C35H47N3O4. The molecule has 2 aliphatic rings. The first-order chi connectivity index (χ1) is 20.2. The van der Waals surface area contributed by atoms with Gasteiger partial charge in [0.2, 0.25) is 5.79 Å². The summed E-state index contributed by atoms with van der Waals surface area (Å²) in [7, 11) is 1.67. The maximum Gasteiger partial charge on any atom is 0.208 e. The molecule has 1 aliphatic heterocycles. The van der Waals surface area contributed by atoms with Crippen molar-refractivity contribution < 1.29 is 19.3 Å². The fourth-order valence-corrected chi connectivity index (χ4v) is 5.67. The van der Waals surface area contributed by atoms with Crippen molar-refractivity contribution in [2.24, 2.45) is 5.92 Å². The topological polar surface area (TPSA) is 78.6 Å². The number of para-hydroxylation sites is 1. The lowest BCUT2D eigenvalue weighted by Crippen LogP contribution is -2.39. The molecule has 0 bridgehead atoms. The molecule has 0 fully saturated rings. The summed E-state index contributed by atoms with van der Waals surface area (Å²) in [4.78, 5) is 0. The summed E-state index contributed by atoms with van der Waals surface area (Å²) in [5, 5.41) is 19.1. The van der Waals surface area contributed by atoms with Gasteiger partial charge in [0, 0.05) is 7.11 Å². The fourth-order valence-electron chi connectivity index (χ4n) is 5.67. The molecule has 2 aromatic rings. The van der Waals surface area contributed by atoms with Crippen LogP contribution in [0.1, 0.15) is 72.4 Å². The third kappa shape index (κ3) is 8.71. The molecule has 2 heterocycles. The Morgan fingerprint density at radius 3 is 2.69 bits per heavy atom. The summed E-state index contributed by atoms with van der Waals surface area (Å²) in [5.74, 6) is -0.917. The Morgan fingerprint density at radius 2 is 1.98 bits per heavy atom. The Kier molecular flexibility index (Phi) is 11.3. The van der Waals surface area contributed by atoms with Gasteiger partial charge in [-0.2, -0.15) is 0 Å². The molecule has 1 aliphatic carbocycles. The lowest BCUT2D eigenvalue weighted by Gasteiger charge is -2.37. The number of ether oxygens (including phenoxy) is 3. The Balaban J connectivity index is 1.44. The molecular weight excluding hydrogens is 526 g/mol. The number of aliphatic hydroxyl groups is 1. The summed E-state index contributed by atoms with van der Waals surface area (Å²) < 4.78 is 20.7. The average molecular weight is 574 g/mol. The number of aliphatic hydroxyl groups excluding tert-OH is 1. The van der Waals surface area contributed by atoms with Gasteiger partial charge >= 0.3 is 0 Å². The highest BCUT2D eigenvalue weighted by Crippen LogP contribution is 2.36. The van der Waals surface area contributed by atoms with Crippen LogP contribution in [0.5, 0.6) is 0 Å². The molecule has 1 unspecified atom stereocenters. The standard InChI is InChI=1S/C35H47N3O4/c1-25(2)11-10-12-26(3)17-33-18-27(4)20-35(40-6,42-33)21-30(23-39)29-16-15-28(5)34(19-29)41-24-31-22-38(37-36-31)32-13-8-7-9-14-32/h7-9,11,13-15,17,20-22,29,33-34,39H,10,12,16,18-19,23-24H2,1-6H3/b26-17+,30-21-/t29-,33-,34?,35-/m1/s1. The van der Waals surface area contributed by atoms with E-state index in [0.717, 1.165) is 49.1 Å². The summed E-state index contributed by atoms with van der Waals surface area (Å²) in [5.41, 5.74) is 7.68. The van der Waals surface area contributed by atoms with Gasteiger partial charge in [-0.05, 0) is 108 Å². The van der Waals surface area contributed by atoms with Crippen molar-refractivity contribution in [3.63, 3.8) is 0 Å². The van der Waals surface area contributed by atoms with E-state index in [1.165, 1.54) is 22.3 Å². The van der Waals surface area contributed by atoms with Crippen LogP contribution >= 0.6 is 0 Å². The van der Waals surface area contributed by atoms with E-state index in [0.29, 0.717) is 6.61 Å². The van der Waals surface area contributed by atoms with Crippen LogP contribution in [0.4, 0.5) is 0 Å². The minimum Gasteiger partial charge on any atom is -0.392 e. The molecule has 0 saturated heterocycles. The first-order valence-corrected chi connectivity index (χ1v) is 15.0. The van der Waals surface area contributed by atoms with E-state index in [2.05, 4.69) is 63.2 Å². The Bertz CT molecular complexity index is 1330. The molecule has 4 atom stereocenters. The second-order valence-corrected chi connectivity index (χ2v) is 11.9. The predicted molar refractivity (Wildman–Crippen MR) is 167 cm³/mol. The van der Waals surface area contributed by atoms with Crippen molar-refractivity contribution in [2.75, 3.05) is 13.7 Å². The van der Waals surface area contributed by atoms with E-state index >= 15 is 0 Å². The van der Waals surface area contributed by atoms with Crippen molar-refractivity contribution in [2.45, 2.75) is 91.3 Å². The number of benzene rings is 1. The molecule has 4 rings (SSSR count). The Labute approximate surface area is 251 Å². The van der Waals surface area contributed by atoms with Gasteiger partial charge in [-0.15, -0.1) is 5.10 Å². The molecule has 0 radical (unpaired) electrons. The van der Waals surface area contributed by atoms with Crippen molar-refractivity contribution in [1.82, 2.24) is 15.0 Å². The van der Waals surface area contributed by atoms with E-state index in [-0.39, 0.29) is 24.7 Å². The molecule has 1 N–H and O–H groups in total. The molecule has 0 saturated carbocycles. The smallest absolute Gasteiger partial charge is 0.208 e. The van der Waals surface area contributed by atoms with Gasteiger partial charge < -0.3 is 19.3 Å². The van der Waals surface area contributed by atoms with Crippen LogP contribution in [0, 0.1) is 5.92 Å². The lowest BCUT2D eigenvalue weighted by atomic mass is 9.82. The van der Waals surface area contributed by atoms with Crippen LogP contribution < -0.4 is 0 Å². The largest absolute Gasteiger partial charge is 0.392 e. The van der Waals surface area contributed by atoms with Gasteiger partial charge in [-0.25, -0.2) is 4.68 Å². The van der Waals surface area contributed by atoms with E-state index in [9.17, 15) is 5.11 Å². The van der Waals surface area contributed by atoms with Gasteiger partial charge in [0.15, 0.2) is 0 Å². The lowest BCUT2D eigenvalue weighted by molar-refractivity contribution is -0.179. The minimum absolute atomic E-state index is 0.0702. The quantitative estimate of drug-likeness (QED) is 0.271. The van der Waals surface area contributed by atoms with Gasteiger partial charge in [0.1, 0.15) is 5.69 Å². The Morgan fingerprint density at radius 1 is 1.19 bits per heavy atom. The van der Waals surface area contributed by atoms with Crippen LogP contribution in [-0.2, 0) is 20.8 Å². The Hall–Kier alpha value is -3.10. The second-order valence-electron chi connectivity index (χ2n) is 11.9. The number of nitrogens with zero attached hydrogens (tertiary/aromatic N) is 3. The van der Waals surface area contributed by atoms with Crippen LogP contribution in [-0.4, -0.2) is 51.8 Å². The van der Waals surface area contributed by atoms with Gasteiger partial charge in [0.05, 0.1) is 37.3 Å². The third-order valence-corrected chi connectivity index (χ3v) is 8.01. The molecule has 42 heavy (non-hydrogen) atoms. The summed E-state index contributed by atoms with van der Waals surface area (Å²) in [6.45, 7) is 10.9. The van der Waals surface area contributed by atoms with Gasteiger partial charge in [-0.3, -0.25) is 0 Å². The van der Waals surface area contributed by atoms with Crippen LogP contribution in [0.15, 0.2) is 94.8 Å². The van der Waals surface area contributed by atoms with Crippen molar-refractivity contribution >= 4 is 0 Å². The first-order valence-electron chi connectivity index (χ1n) is 15.0. The first kappa shape index (κ1) is 31.8. The number of rotatable bonds is 12. The van der Waals surface area contributed by atoms with Crippen molar-refractivity contribution in [3.8, 4) is 5.69 Å². The number of hydrogen-bond acceptors (Lipinski definition) is 6. The highest BCUT2D eigenvalue weighted by atomic mass is 16.7. The third-order valence-electron chi connectivity index (χ3n) is 8.01. The van der Waals surface area contributed by atoms with E-state index in [4.69, 9.17) is 14.2 Å². The highest BCUT2D eigenvalue weighted by Gasteiger charge is 2.35. The molecule has 1 aromatic carbocycles. The maximum atomic E-state index is 10.5. The molecule has 226 valence electrons. The number of allylic oxidation sites excluding steroid dienone is 4. The van der Waals surface area contributed by atoms with Crippen molar-refractivity contribution in [3.05, 3.63) is 100 Å². The summed E-state index contributed by atoms with van der Waals surface area (Å²) in [6.07, 6.45) is 16.9. The summed E-state index contributed by atoms with van der Waals surface area (Å²) >= 11 is 0. The molecule has 7 heteroatoms. The fraction of sp³-hybridized carbons (Fsp3) is 0.486. The molecule has 0 spiro atoms. The highest BCUT2D eigenvalue weighted by molar-refractivity contribution is 5.30. The predicted octanol–water partition coefficient (Wildman–Crippen LogP) is 7.20. The monoisotopic (exact) mass is 573 g/mol. The van der Waals surface area contributed by atoms with Crippen LogP contribution in [0.2, 0.25) is 0 Å². The van der Waals surface area contributed by atoms with Crippen LogP contribution in [0.3, 0.4) is 0 Å². The number of aromatic nitrogens is 3. The average Bonchev–Trinajstić information content (AvgIpc) is 3.45. The minimum atomic E-state index is -1.02. The molecule has 0 amide bonds. The van der Waals surface area contributed by atoms with E-state index in [1.807, 2.05) is 48.7 Å². The van der Waals surface area contributed by atoms with Gasteiger partial charge in [-0.1, -0.05) is 58.4 Å². The number of hydrogen-bond donors (Lipinski definition) is 1. The van der Waals surface area contributed by atoms with E-state index < -0.39 is 5.79 Å². The van der Waals surface area contributed by atoms with E-state index in [1.54, 1.807) is 11.8 Å². The zero-order valence-corrected chi connectivity index (χ0v) is 26.0. The second kappa shape index (κ2) is 14.9. The zero-order chi connectivity index (χ0) is 30.1. The number of methoxy groups -OCH3 is 1. The maximum absolute atomic E-state index is 10.5. The SMILES string of the molecule is CO[C@]1(/C=C(/CO)[C@@H]2CC=C(C)C(OCc3cn(-c4ccccc4)nn3)C2)C=C(C)C[C@@H](/C=C(\C)CCC=C(C)C)O1. The summed E-state index contributed by atoms with van der Waals surface area (Å²) in [6, 6.07) is 9.91. The van der Waals surface area contributed by atoms with Crippen LogP contribution in [0.25, 0.3) is 5.69 Å². The molecule has 7 nitrogen and oxygen atoms in total. The van der Waals surface area contributed by atoms with Gasteiger partial charge in [0.25, 0.3) is 0 Å².